The number of benzene rings is 1. The van der Waals surface area contributed by atoms with Crippen molar-refractivity contribution in [3.63, 3.8) is 0 Å². The summed E-state index contributed by atoms with van der Waals surface area (Å²) in [5.74, 6) is 0.877. The van der Waals surface area contributed by atoms with Gasteiger partial charge in [0.25, 0.3) is 0 Å². The van der Waals surface area contributed by atoms with E-state index in [9.17, 15) is 0 Å². The summed E-state index contributed by atoms with van der Waals surface area (Å²) in [7, 11) is 1.67. The maximum absolute atomic E-state index is 5.13. The van der Waals surface area contributed by atoms with Crippen molar-refractivity contribution in [2.75, 3.05) is 7.11 Å². The number of methoxy groups -OCH3 is 1. The van der Waals surface area contributed by atoms with E-state index in [-0.39, 0.29) is 0 Å². The van der Waals surface area contributed by atoms with Crippen LogP contribution in [0.2, 0.25) is 0 Å². The van der Waals surface area contributed by atoms with Gasteiger partial charge >= 0.3 is 0 Å². The Labute approximate surface area is 81.2 Å². The average Bonchev–Trinajstić information content (AvgIpc) is 2.16. The molecule has 1 nitrogen and oxygen atoms in total. The number of rotatable bonds is 3. The molecule has 0 fully saturated rings. The lowest BCUT2D eigenvalue weighted by atomic mass is 10.1. The first-order valence-electron chi connectivity index (χ1n) is 3.66. The standard InChI is InChI=1S/C10H11BrO/c1-3-8-4-9(7-11)6-10(5-8)12-2/h3-6H,1,7H2,2H3. The monoisotopic (exact) mass is 226 g/mol. The van der Waals surface area contributed by atoms with Gasteiger partial charge in [0, 0.05) is 5.33 Å². The molecule has 1 aromatic carbocycles. The molecule has 0 aliphatic heterocycles. The molecule has 0 unspecified atom stereocenters. The van der Waals surface area contributed by atoms with Gasteiger partial charge < -0.3 is 4.74 Å². The van der Waals surface area contributed by atoms with Crippen molar-refractivity contribution in [3.8, 4) is 5.75 Å². The van der Waals surface area contributed by atoms with Gasteiger partial charge in [-0.15, -0.1) is 0 Å². The number of hydrogen-bond acceptors (Lipinski definition) is 1. The lowest BCUT2D eigenvalue weighted by Crippen LogP contribution is -1.86. The highest BCUT2D eigenvalue weighted by atomic mass is 79.9. The molecule has 1 rings (SSSR count). The van der Waals surface area contributed by atoms with Gasteiger partial charge in [-0.1, -0.05) is 34.7 Å². The third kappa shape index (κ3) is 2.11. The van der Waals surface area contributed by atoms with Crippen LogP contribution in [0.25, 0.3) is 6.08 Å². The van der Waals surface area contributed by atoms with Gasteiger partial charge in [0.05, 0.1) is 7.11 Å². The molecule has 0 N–H and O–H groups in total. The van der Waals surface area contributed by atoms with E-state index in [0.717, 1.165) is 16.6 Å². The predicted octanol–water partition coefficient (Wildman–Crippen LogP) is 3.23. The topological polar surface area (TPSA) is 9.23 Å². The quantitative estimate of drug-likeness (QED) is 0.720. The first-order chi connectivity index (χ1) is 5.80. The molecule has 0 saturated carbocycles. The summed E-state index contributed by atoms with van der Waals surface area (Å²) in [5, 5.41) is 0.838. The maximum Gasteiger partial charge on any atom is 0.119 e. The van der Waals surface area contributed by atoms with E-state index < -0.39 is 0 Å². The Bertz CT molecular complexity index is 259. The number of halogens is 1. The maximum atomic E-state index is 5.13. The Balaban J connectivity index is 3.09. The van der Waals surface area contributed by atoms with Gasteiger partial charge in [0.15, 0.2) is 0 Å². The Morgan fingerprint density at radius 2 is 2.25 bits per heavy atom. The van der Waals surface area contributed by atoms with Gasteiger partial charge in [-0.25, -0.2) is 0 Å². The molecule has 0 saturated heterocycles. The zero-order valence-corrected chi connectivity index (χ0v) is 8.60. The molecule has 0 amide bonds. The number of ether oxygens (including phenoxy) is 1. The third-order valence-corrected chi connectivity index (χ3v) is 2.26. The Kier molecular flexibility index (Phi) is 3.35. The highest BCUT2D eigenvalue weighted by molar-refractivity contribution is 9.08. The van der Waals surface area contributed by atoms with Crippen molar-refractivity contribution in [3.05, 3.63) is 35.9 Å². The minimum atomic E-state index is 0.838. The fourth-order valence-corrected chi connectivity index (χ4v) is 1.32. The second-order valence-corrected chi connectivity index (χ2v) is 3.01. The van der Waals surface area contributed by atoms with Crippen LogP contribution in [-0.4, -0.2) is 7.11 Å². The fourth-order valence-electron chi connectivity index (χ4n) is 0.999. The average molecular weight is 227 g/mol. The minimum absolute atomic E-state index is 0.838. The van der Waals surface area contributed by atoms with E-state index in [1.165, 1.54) is 5.56 Å². The summed E-state index contributed by atoms with van der Waals surface area (Å²) in [6, 6.07) is 6.03. The molecular weight excluding hydrogens is 216 g/mol. The summed E-state index contributed by atoms with van der Waals surface area (Å²) in [4.78, 5) is 0. The van der Waals surface area contributed by atoms with Crippen LogP contribution in [0.5, 0.6) is 5.75 Å². The first-order valence-corrected chi connectivity index (χ1v) is 4.78. The second kappa shape index (κ2) is 4.31. The van der Waals surface area contributed by atoms with Crippen LogP contribution in [0.15, 0.2) is 24.8 Å². The Morgan fingerprint density at radius 3 is 2.75 bits per heavy atom. The van der Waals surface area contributed by atoms with E-state index in [2.05, 4.69) is 28.6 Å². The smallest absolute Gasteiger partial charge is 0.119 e. The predicted molar refractivity (Wildman–Crippen MR) is 55.7 cm³/mol. The summed E-state index contributed by atoms with van der Waals surface area (Å²) in [6.07, 6.45) is 1.81. The molecule has 0 aliphatic rings. The Morgan fingerprint density at radius 1 is 1.50 bits per heavy atom. The van der Waals surface area contributed by atoms with Gasteiger partial charge in [-0.2, -0.15) is 0 Å². The summed E-state index contributed by atoms with van der Waals surface area (Å²) in [6.45, 7) is 3.71. The summed E-state index contributed by atoms with van der Waals surface area (Å²) >= 11 is 3.39. The molecular formula is C10H11BrO. The fraction of sp³-hybridized carbons (Fsp3) is 0.200. The van der Waals surface area contributed by atoms with Gasteiger partial charge in [-0.3, -0.25) is 0 Å². The zero-order chi connectivity index (χ0) is 8.97. The Hall–Kier alpha value is -0.760. The number of hydrogen-bond donors (Lipinski definition) is 0. The van der Waals surface area contributed by atoms with Crippen molar-refractivity contribution in [2.45, 2.75) is 5.33 Å². The largest absolute Gasteiger partial charge is 0.497 e. The van der Waals surface area contributed by atoms with E-state index in [1.807, 2.05) is 18.2 Å². The van der Waals surface area contributed by atoms with Crippen LogP contribution < -0.4 is 4.74 Å². The van der Waals surface area contributed by atoms with Crippen molar-refractivity contribution in [2.24, 2.45) is 0 Å². The van der Waals surface area contributed by atoms with E-state index in [1.54, 1.807) is 7.11 Å². The molecule has 2 heteroatoms. The van der Waals surface area contributed by atoms with Crippen LogP contribution in [0.3, 0.4) is 0 Å². The summed E-state index contributed by atoms with van der Waals surface area (Å²) < 4.78 is 5.13. The minimum Gasteiger partial charge on any atom is -0.497 e. The molecule has 0 bridgehead atoms. The lowest BCUT2D eigenvalue weighted by Gasteiger charge is -2.03. The highest BCUT2D eigenvalue weighted by Crippen LogP contribution is 2.19. The molecule has 64 valence electrons. The highest BCUT2D eigenvalue weighted by Gasteiger charge is 1.97. The van der Waals surface area contributed by atoms with E-state index in [4.69, 9.17) is 4.74 Å². The van der Waals surface area contributed by atoms with Crippen LogP contribution in [0, 0.1) is 0 Å². The molecule has 0 radical (unpaired) electrons. The van der Waals surface area contributed by atoms with Crippen molar-refractivity contribution < 1.29 is 4.74 Å². The zero-order valence-electron chi connectivity index (χ0n) is 7.01. The molecule has 0 heterocycles. The van der Waals surface area contributed by atoms with Crippen molar-refractivity contribution in [1.29, 1.82) is 0 Å². The lowest BCUT2D eigenvalue weighted by molar-refractivity contribution is 0.414. The normalized spacial score (nSPS) is 9.50. The van der Waals surface area contributed by atoms with Crippen LogP contribution >= 0.6 is 15.9 Å². The molecule has 0 aliphatic carbocycles. The van der Waals surface area contributed by atoms with Crippen LogP contribution in [0.1, 0.15) is 11.1 Å². The van der Waals surface area contributed by atoms with Crippen molar-refractivity contribution in [1.82, 2.24) is 0 Å². The second-order valence-electron chi connectivity index (χ2n) is 2.45. The van der Waals surface area contributed by atoms with E-state index >= 15 is 0 Å². The first kappa shape index (κ1) is 9.33. The van der Waals surface area contributed by atoms with E-state index in [0.29, 0.717) is 0 Å². The van der Waals surface area contributed by atoms with Gasteiger partial charge in [-0.05, 0) is 23.3 Å². The molecule has 1 aromatic rings. The summed E-state index contributed by atoms with van der Waals surface area (Å²) in [5.41, 5.74) is 2.29. The van der Waals surface area contributed by atoms with Crippen molar-refractivity contribution >= 4 is 22.0 Å². The van der Waals surface area contributed by atoms with Crippen LogP contribution in [0.4, 0.5) is 0 Å². The molecule has 0 spiro atoms. The molecule has 0 aromatic heterocycles. The molecule has 0 atom stereocenters. The SMILES string of the molecule is C=Cc1cc(CBr)cc(OC)c1. The van der Waals surface area contributed by atoms with Gasteiger partial charge in [0.2, 0.25) is 0 Å². The van der Waals surface area contributed by atoms with Crippen LogP contribution in [-0.2, 0) is 5.33 Å². The third-order valence-electron chi connectivity index (χ3n) is 1.61. The number of alkyl halides is 1. The van der Waals surface area contributed by atoms with Gasteiger partial charge in [0.1, 0.15) is 5.75 Å². The molecule has 12 heavy (non-hydrogen) atoms.